The van der Waals surface area contributed by atoms with Crippen LogP contribution < -0.4 is 16.0 Å². The van der Waals surface area contributed by atoms with Crippen molar-refractivity contribution in [2.45, 2.75) is 20.3 Å². The molecule has 1 heterocycles. The number of amides is 1. The summed E-state index contributed by atoms with van der Waals surface area (Å²) in [6, 6.07) is 11.4. The first-order valence-electron chi connectivity index (χ1n) is 9.01. The molecule has 2 rings (SSSR count). The van der Waals surface area contributed by atoms with Crippen molar-refractivity contribution in [3.8, 4) is 12.3 Å². The Labute approximate surface area is 165 Å². The summed E-state index contributed by atoms with van der Waals surface area (Å²) < 4.78 is 0. The van der Waals surface area contributed by atoms with Crippen LogP contribution in [-0.4, -0.2) is 31.5 Å². The second kappa shape index (κ2) is 11.0. The van der Waals surface area contributed by atoms with Crippen LogP contribution in [0.15, 0.2) is 46.8 Å². The van der Waals surface area contributed by atoms with Crippen molar-refractivity contribution in [3.63, 3.8) is 0 Å². The van der Waals surface area contributed by atoms with Gasteiger partial charge in [-0.05, 0) is 48.9 Å². The molecule has 3 N–H and O–H groups in total. The highest BCUT2D eigenvalue weighted by Gasteiger charge is 2.07. The molecule has 0 fully saturated rings. The lowest BCUT2D eigenvalue weighted by molar-refractivity contribution is -0.114. The molecular formula is C21H26N4OS. The third kappa shape index (κ3) is 7.55. The third-order valence-electron chi connectivity index (χ3n) is 3.79. The molecule has 0 radical (unpaired) electrons. The van der Waals surface area contributed by atoms with Crippen LogP contribution in [0.1, 0.15) is 24.3 Å². The van der Waals surface area contributed by atoms with E-state index in [1.807, 2.05) is 19.1 Å². The Kier molecular flexibility index (Phi) is 8.40. The lowest BCUT2D eigenvalue weighted by Crippen LogP contribution is -2.40. The number of terminal acetylenes is 1. The van der Waals surface area contributed by atoms with Crippen LogP contribution in [-0.2, 0) is 11.2 Å². The van der Waals surface area contributed by atoms with Crippen LogP contribution >= 0.6 is 11.3 Å². The van der Waals surface area contributed by atoms with Gasteiger partial charge in [-0.25, -0.2) is 4.99 Å². The number of hydrogen-bond donors (Lipinski definition) is 3. The number of benzene rings is 1. The van der Waals surface area contributed by atoms with Crippen molar-refractivity contribution in [1.29, 1.82) is 0 Å². The highest BCUT2D eigenvalue weighted by molar-refractivity contribution is 7.09. The molecular weight excluding hydrogens is 356 g/mol. The summed E-state index contributed by atoms with van der Waals surface area (Å²) in [5, 5.41) is 11.4. The van der Waals surface area contributed by atoms with Crippen molar-refractivity contribution in [1.82, 2.24) is 10.6 Å². The first kappa shape index (κ1) is 20.5. The van der Waals surface area contributed by atoms with Gasteiger partial charge >= 0.3 is 0 Å². The molecule has 0 spiro atoms. The minimum atomic E-state index is -0.187. The Bertz CT molecular complexity index is 793. The van der Waals surface area contributed by atoms with Crippen molar-refractivity contribution in [2.75, 3.05) is 25.0 Å². The van der Waals surface area contributed by atoms with Crippen molar-refractivity contribution >= 4 is 28.9 Å². The molecule has 6 heteroatoms. The maximum absolute atomic E-state index is 12.1. The number of nitrogens with zero attached hydrogens (tertiary/aromatic N) is 1. The molecule has 2 aromatic rings. The zero-order valence-electron chi connectivity index (χ0n) is 15.8. The monoisotopic (exact) mass is 382 g/mol. The van der Waals surface area contributed by atoms with Gasteiger partial charge in [-0.2, -0.15) is 0 Å². The fourth-order valence-electron chi connectivity index (χ4n) is 2.50. The average Bonchev–Trinajstić information content (AvgIpc) is 3.17. The van der Waals surface area contributed by atoms with Crippen LogP contribution in [0.3, 0.4) is 0 Å². The van der Waals surface area contributed by atoms with Gasteiger partial charge in [0.2, 0.25) is 5.91 Å². The second-order valence-corrected chi connectivity index (χ2v) is 7.27. The Balaban J connectivity index is 1.84. The van der Waals surface area contributed by atoms with E-state index >= 15 is 0 Å². The van der Waals surface area contributed by atoms with Crippen LogP contribution in [0.25, 0.3) is 0 Å². The van der Waals surface area contributed by atoms with Crippen LogP contribution in [0.4, 0.5) is 5.69 Å². The number of nitrogens with one attached hydrogen (secondary N) is 3. The van der Waals surface area contributed by atoms with E-state index in [-0.39, 0.29) is 12.5 Å². The lowest BCUT2D eigenvalue weighted by atomic mass is 10.1. The van der Waals surface area contributed by atoms with Crippen LogP contribution in [0.2, 0.25) is 0 Å². The van der Waals surface area contributed by atoms with Crippen LogP contribution in [0, 0.1) is 18.3 Å². The quantitative estimate of drug-likeness (QED) is 0.373. The predicted octanol–water partition coefficient (Wildman–Crippen LogP) is 3.10. The van der Waals surface area contributed by atoms with Crippen LogP contribution in [0.5, 0.6) is 0 Å². The van der Waals surface area contributed by atoms with Crippen molar-refractivity contribution < 1.29 is 4.79 Å². The zero-order valence-corrected chi connectivity index (χ0v) is 16.6. The predicted molar refractivity (Wildman–Crippen MR) is 114 cm³/mol. The minimum absolute atomic E-state index is 0.0366. The summed E-state index contributed by atoms with van der Waals surface area (Å²) in [6.45, 7) is 5.75. The summed E-state index contributed by atoms with van der Waals surface area (Å²) >= 11 is 1.77. The Morgan fingerprint density at radius 3 is 2.85 bits per heavy atom. The maximum atomic E-state index is 12.1. The summed E-state index contributed by atoms with van der Waals surface area (Å²) in [4.78, 5) is 17.9. The number of hydrogen-bond acceptors (Lipinski definition) is 3. The van der Waals surface area contributed by atoms with Gasteiger partial charge in [0.05, 0.1) is 0 Å². The van der Waals surface area contributed by atoms with E-state index in [1.54, 1.807) is 23.5 Å². The van der Waals surface area contributed by atoms with Gasteiger partial charge in [0.1, 0.15) is 6.54 Å². The first-order valence-corrected chi connectivity index (χ1v) is 9.89. The number of anilines is 1. The zero-order chi connectivity index (χ0) is 19.5. The average molecular weight is 383 g/mol. The van der Waals surface area contributed by atoms with Crippen molar-refractivity contribution in [3.05, 3.63) is 52.2 Å². The minimum Gasteiger partial charge on any atom is -0.357 e. The molecule has 0 bridgehead atoms. The maximum Gasteiger partial charge on any atom is 0.246 e. The molecule has 0 aliphatic heterocycles. The Hall–Kier alpha value is -2.78. The fraction of sp³-hybridized carbons (Fsp3) is 0.333. The fourth-order valence-corrected chi connectivity index (χ4v) is 3.36. The number of aliphatic imine (C=N–C) groups is 1. The van der Waals surface area contributed by atoms with E-state index in [0.717, 1.165) is 25.1 Å². The molecule has 1 atom stereocenters. The number of carbonyl (C=O) groups is 1. The Morgan fingerprint density at radius 1 is 1.30 bits per heavy atom. The lowest BCUT2D eigenvalue weighted by Gasteiger charge is -2.15. The molecule has 1 amide bonds. The first-order chi connectivity index (χ1) is 13.1. The van der Waals surface area contributed by atoms with Gasteiger partial charge in [0, 0.05) is 29.2 Å². The van der Waals surface area contributed by atoms with Gasteiger partial charge in [-0.15, -0.1) is 17.8 Å². The van der Waals surface area contributed by atoms with Gasteiger partial charge in [0.15, 0.2) is 5.96 Å². The Morgan fingerprint density at radius 2 is 2.15 bits per heavy atom. The highest BCUT2D eigenvalue weighted by atomic mass is 32.1. The van der Waals surface area contributed by atoms with Gasteiger partial charge in [-0.1, -0.05) is 25.0 Å². The molecule has 27 heavy (non-hydrogen) atoms. The summed E-state index contributed by atoms with van der Waals surface area (Å²) in [7, 11) is 0. The molecule has 142 valence electrons. The van der Waals surface area contributed by atoms with E-state index in [2.05, 4.69) is 51.3 Å². The number of rotatable bonds is 8. The SMILES string of the molecule is C#Cc1cccc(NC(=O)CN=C(NCC)NCC(C)Cc2cccs2)c1. The molecule has 1 unspecified atom stereocenters. The summed E-state index contributed by atoms with van der Waals surface area (Å²) in [5.74, 6) is 3.47. The van der Waals surface area contributed by atoms with Gasteiger partial charge < -0.3 is 16.0 Å². The topological polar surface area (TPSA) is 65.5 Å². The molecule has 1 aromatic heterocycles. The second-order valence-electron chi connectivity index (χ2n) is 6.24. The van der Waals surface area contributed by atoms with E-state index in [4.69, 9.17) is 6.42 Å². The van der Waals surface area contributed by atoms with E-state index in [0.29, 0.717) is 17.6 Å². The number of guanidine groups is 1. The number of thiophene rings is 1. The highest BCUT2D eigenvalue weighted by Crippen LogP contribution is 2.13. The normalized spacial score (nSPS) is 12.1. The smallest absolute Gasteiger partial charge is 0.246 e. The standard InChI is InChI=1S/C21H26N4OS/c1-4-17-8-6-9-18(13-17)25-20(26)15-24-21(22-5-2)23-14-16(3)12-19-10-7-11-27-19/h1,6-11,13,16H,5,12,14-15H2,2-3H3,(H,25,26)(H2,22,23,24). The molecule has 0 saturated carbocycles. The molecule has 0 saturated heterocycles. The number of carbonyl (C=O) groups excluding carboxylic acids is 1. The molecule has 0 aliphatic rings. The molecule has 0 aliphatic carbocycles. The van der Waals surface area contributed by atoms with E-state index < -0.39 is 0 Å². The summed E-state index contributed by atoms with van der Waals surface area (Å²) in [5.41, 5.74) is 1.40. The van der Waals surface area contributed by atoms with E-state index in [1.165, 1.54) is 4.88 Å². The van der Waals surface area contributed by atoms with Gasteiger partial charge in [0.25, 0.3) is 0 Å². The largest absolute Gasteiger partial charge is 0.357 e. The molecule has 1 aromatic carbocycles. The summed E-state index contributed by atoms with van der Waals surface area (Å²) in [6.07, 6.45) is 6.40. The van der Waals surface area contributed by atoms with E-state index in [9.17, 15) is 4.79 Å². The third-order valence-corrected chi connectivity index (χ3v) is 4.68. The molecule has 5 nitrogen and oxygen atoms in total. The van der Waals surface area contributed by atoms with Crippen molar-refractivity contribution in [2.24, 2.45) is 10.9 Å². The van der Waals surface area contributed by atoms with Gasteiger partial charge in [-0.3, -0.25) is 4.79 Å².